The zero-order valence-electron chi connectivity index (χ0n) is 23.2. The van der Waals surface area contributed by atoms with Gasteiger partial charge in [0.25, 0.3) is 5.91 Å². The Morgan fingerprint density at radius 1 is 0.900 bits per heavy atom. The lowest BCUT2D eigenvalue weighted by Crippen LogP contribution is -2.29. The predicted octanol–water partition coefficient (Wildman–Crippen LogP) is 5.31. The summed E-state index contributed by atoms with van der Waals surface area (Å²) >= 11 is 0. The van der Waals surface area contributed by atoms with Crippen molar-refractivity contribution in [2.45, 2.75) is 12.8 Å². The predicted molar refractivity (Wildman–Crippen MR) is 161 cm³/mol. The smallest absolute Gasteiger partial charge is 0.274 e. The number of hydrogen-bond acceptors (Lipinski definition) is 7. The first-order chi connectivity index (χ1) is 19.5. The lowest BCUT2D eigenvalue weighted by Gasteiger charge is -2.20. The second-order valence-electron chi connectivity index (χ2n) is 10.1. The van der Waals surface area contributed by atoms with Gasteiger partial charge in [0.15, 0.2) is 0 Å². The van der Waals surface area contributed by atoms with Crippen LogP contribution >= 0.6 is 0 Å². The molecule has 8 nitrogen and oxygen atoms in total. The van der Waals surface area contributed by atoms with Crippen LogP contribution in [0.15, 0.2) is 90.3 Å². The van der Waals surface area contributed by atoms with Gasteiger partial charge >= 0.3 is 0 Å². The van der Waals surface area contributed by atoms with Crippen LogP contribution in [-0.2, 0) is 11.2 Å². The summed E-state index contributed by atoms with van der Waals surface area (Å²) in [7, 11) is 6.11. The number of fused-ring (bicyclic) bond motifs is 1. The molecule has 2 aromatic heterocycles. The van der Waals surface area contributed by atoms with Gasteiger partial charge in [-0.15, -0.1) is 0 Å². The molecule has 8 heteroatoms. The molecule has 0 saturated carbocycles. The van der Waals surface area contributed by atoms with Crippen LogP contribution in [0.5, 0.6) is 11.5 Å². The number of benzene rings is 2. The third-order valence-electron chi connectivity index (χ3n) is 6.76. The molecular weight excluding hydrogens is 500 g/mol. The highest BCUT2D eigenvalue weighted by atomic mass is 16.5. The molecule has 1 aliphatic rings. The topological polar surface area (TPSA) is 83.0 Å². The maximum Gasteiger partial charge on any atom is 0.274 e. The maximum absolute atomic E-state index is 13.5. The number of nitrogens with zero attached hydrogens (tertiary/aromatic N) is 5. The first-order valence-electron chi connectivity index (χ1n) is 13.5. The van der Waals surface area contributed by atoms with Gasteiger partial charge in [0.05, 0.1) is 18.1 Å². The van der Waals surface area contributed by atoms with E-state index < -0.39 is 0 Å². The van der Waals surface area contributed by atoms with E-state index in [4.69, 9.17) is 4.74 Å². The van der Waals surface area contributed by atoms with Crippen LogP contribution in [0, 0.1) is 0 Å². The summed E-state index contributed by atoms with van der Waals surface area (Å²) in [5.41, 5.74) is 4.86. The number of pyridine rings is 2. The fourth-order valence-corrected chi connectivity index (χ4v) is 4.53. The van der Waals surface area contributed by atoms with E-state index >= 15 is 0 Å². The van der Waals surface area contributed by atoms with Crippen molar-refractivity contribution in [3.63, 3.8) is 0 Å². The molecule has 5 rings (SSSR count). The maximum atomic E-state index is 13.5. The van der Waals surface area contributed by atoms with Crippen LogP contribution in [0.4, 0.5) is 11.5 Å². The third-order valence-corrected chi connectivity index (χ3v) is 6.76. The standard InChI is InChI=1S/C32H34N6O2/c1-37(2)16-17-38(3)30-14-13-26(21-35-30)36-32(39)31-29-19-24(12-11-23(29)8-7-15-34-31)25-18-28(22-33-20-25)40-27-9-5-4-6-10-27/h4-6,9-14,18-22H,7-8,15-17H2,1-3H3,(H,36,39). The van der Waals surface area contributed by atoms with Crippen molar-refractivity contribution in [1.29, 1.82) is 0 Å². The van der Waals surface area contributed by atoms with E-state index in [2.05, 4.69) is 42.2 Å². The number of aromatic nitrogens is 2. The number of nitrogens with one attached hydrogen (secondary N) is 1. The molecule has 0 radical (unpaired) electrons. The molecule has 0 unspecified atom stereocenters. The Labute approximate surface area is 235 Å². The second-order valence-corrected chi connectivity index (χ2v) is 10.1. The van der Waals surface area contributed by atoms with E-state index in [0.717, 1.165) is 59.8 Å². The minimum Gasteiger partial charge on any atom is -0.456 e. The number of aliphatic imine (C=N–C) groups is 1. The van der Waals surface area contributed by atoms with Gasteiger partial charge in [-0.1, -0.05) is 30.3 Å². The molecular formula is C32H34N6O2. The van der Waals surface area contributed by atoms with Crippen LogP contribution in [-0.4, -0.2) is 67.3 Å². The van der Waals surface area contributed by atoms with Gasteiger partial charge < -0.3 is 19.9 Å². The van der Waals surface area contributed by atoms with Crippen LogP contribution in [0.1, 0.15) is 17.5 Å². The second kappa shape index (κ2) is 12.5. The summed E-state index contributed by atoms with van der Waals surface area (Å²) in [6.07, 6.45) is 6.94. The molecule has 3 heterocycles. The summed E-state index contributed by atoms with van der Waals surface area (Å²) in [5.74, 6) is 2.01. The number of amides is 1. The van der Waals surface area contributed by atoms with Gasteiger partial charge in [-0.05, 0) is 74.5 Å². The minimum absolute atomic E-state index is 0.241. The number of anilines is 2. The van der Waals surface area contributed by atoms with Gasteiger partial charge in [-0.3, -0.25) is 14.8 Å². The summed E-state index contributed by atoms with van der Waals surface area (Å²) in [6.45, 7) is 2.39. The average molecular weight is 535 g/mol. The van der Waals surface area contributed by atoms with Crippen molar-refractivity contribution in [3.8, 4) is 22.6 Å². The highest BCUT2D eigenvalue weighted by molar-refractivity contribution is 6.49. The molecule has 2 aromatic carbocycles. The van der Waals surface area contributed by atoms with Crippen molar-refractivity contribution in [2.75, 3.05) is 51.0 Å². The molecule has 1 aliphatic heterocycles. The van der Waals surface area contributed by atoms with Gasteiger partial charge in [0.2, 0.25) is 0 Å². The van der Waals surface area contributed by atoms with Crippen LogP contribution < -0.4 is 15.0 Å². The van der Waals surface area contributed by atoms with Gasteiger partial charge in [0.1, 0.15) is 23.0 Å². The quantitative estimate of drug-likeness (QED) is 0.314. The van der Waals surface area contributed by atoms with E-state index in [1.165, 1.54) is 0 Å². The Morgan fingerprint density at radius 2 is 1.75 bits per heavy atom. The van der Waals surface area contributed by atoms with Crippen molar-refractivity contribution in [2.24, 2.45) is 4.99 Å². The molecule has 0 aliphatic carbocycles. The van der Waals surface area contributed by atoms with E-state index in [-0.39, 0.29) is 5.91 Å². The summed E-state index contributed by atoms with van der Waals surface area (Å²) in [6, 6.07) is 21.6. The van der Waals surface area contributed by atoms with E-state index in [1.807, 2.05) is 75.7 Å². The summed E-state index contributed by atoms with van der Waals surface area (Å²) in [4.78, 5) is 31.3. The van der Waals surface area contributed by atoms with Crippen LogP contribution in [0.3, 0.4) is 0 Å². The number of hydrogen-bond donors (Lipinski definition) is 1. The highest BCUT2D eigenvalue weighted by Crippen LogP contribution is 2.29. The number of carbonyl (C=O) groups excluding carboxylic acids is 1. The molecule has 204 valence electrons. The van der Waals surface area contributed by atoms with Gasteiger partial charge in [-0.25, -0.2) is 4.98 Å². The molecule has 40 heavy (non-hydrogen) atoms. The fraction of sp³-hybridized carbons (Fsp3) is 0.250. The molecule has 0 saturated heterocycles. The molecule has 4 aromatic rings. The van der Waals surface area contributed by atoms with Crippen molar-refractivity contribution >= 4 is 23.1 Å². The molecule has 0 bridgehead atoms. The molecule has 0 spiro atoms. The largest absolute Gasteiger partial charge is 0.456 e. The Hall–Kier alpha value is -4.56. The number of aryl methyl sites for hydroxylation is 1. The zero-order valence-corrected chi connectivity index (χ0v) is 23.2. The average Bonchev–Trinajstić information content (AvgIpc) is 3.19. The van der Waals surface area contributed by atoms with Gasteiger partial charge in [-0.2, -0.15) is 0 Å². The van der Waals surface area contributed by atoms with Crippen molar-refractivity contribution in [3.05, 3.63) is 96.4 Å². The minimum atomic E-state index is -0.241. The van der Waals surface area contributed by atoms with E-state index in [0.29, 0.717) is 23.7 Å². The number of ether oxygens (including phenoxy) is 1. The molecule has 1 N–H and O–H groups in total. The summed E-state index contributed by atoms with van der Waals surface area (Å²) in [5, 5.41) is 3.00. The Kier molecular flexibility index (Phi) is 8.47. The number of likely N-dealkylation sites (N-methyl/N-ethyl adjacent to an activating group) is 2. The summed E-state index contributed by atoms with van der Waals surface area (Å²) < 4.78 is 5.98. The molecule has 1 amide bonds. The van der Waals surface area contributed by atoms with E-state index in [1.54, 1.807) is 18.6 Å². The van der Waals surface area contributed by atoms with Crippen LogP contribution in [0.2, 0.25) is 0 Å². The zero-order chi connectivity index (χ0) is 27.9. The number of carbonyl (C=O) groups is 1. The fourth-order valence-electron chi connectivity index (χ4n) is 4.53. The van der Waals surface area contributed by atoms with Gasteiger partial charge in [0, 0.05) is 44.0 Å². The Balaban J connectivity index is 1.35. The lowest BCUT2D eigenvalue weighted by molar-refractivity contribution is -0.110. The van der Waals surface area contributed by atoms with E-state index in [9.17, 15) is 4.79 Å². The monoisotopic (exact) mass is 534 g/mol. The molecule has 0 atom stereocenters. The normalized spacial score (nSPS) is 12.8. The molecule has 0 fully saturated rings. The van der Waals surface area contributed by atoms with Crippen molar-refractivity contribution in [1.82, 2.24) is 14.9 Å². The third kappa shape index (κ3) is 6.71. The van der Waals surface area contributed by atoms with Crippen molar-refractivity contribution < 1.29 is 9.53 Å². The Morgan fingerprint density at radius 3 is 2.52 bits per heavy atom. The highest BCUT2D eigenvalue weighted by Gasteiger charge is 2.21. The number of rotatable bonds is 9. The first kappa shape index (κ1) is 27.0. The van der Waals surface area contributed by atoms with Crippen LogP contribution in [0.25, 0.3) is 11.1 Å². The number of para-hydroxylation sites is 1. The SMILES string of the molecule is CN(C)CCN(C)c1ccc(NC(=O)C2=NCCCc3ccc(-c4cncc(Oc5ccccc5)c4)cc32)cn1. The lowest BCUT2D eigenvalue weighted by atomic mass is 9.95. The Bertz CT molecular complexity index is 1490. The first-order valence-corrected chi connectivity index (χ1v) is 13.5.